The van der Waals surface area contributed by atoms with Crippen molar-refractivity contribution in [1.29, 1.82) is 0 Å². The summed E-state index contributed by atoms with van der Waals surface area (Å²) in [5, 5.41) is 7.23. The molecule has 1 N–H and O–H groups in total. The minimum Gasteiger partial charge on any atom is -0.358 e. The third kappa shape index (κ3) is 3.24. The van der Waals surface area contributed by atoms with Crippen LogP contribution in [0.1, 0.15) is 26.5 Å². The summed E-state index contributed by atoms with van der Waals surface area (Å²) < 4.78 is 4.92. The summed E-state index contributed by atoms with van der Waals surface area (Å²) in [5.41, 5.74) is 0.0826. The van der Waals surface area contributed by atoms with Gasteiger partial charge >= 0.3 is 0 Å². The fourth-order valence-corrected chi connectivity index (χ4v) is 0.880. The summed E-state index contributed by atoms with van der Waals surface area (Å²) in [5.74, 6) is 0.759. The molecule has 0 saturated heterocycles. The van der Waals surface area contributed by atoms with Crippen molar-refractivity contribution in [3.63, 3.8) is 0 Å². The van der Waals surface area contributed by atoms with Gasteiger partial charge in [-0.05, 0) is 20.8 Å². The van der Waals surface area contributed by atoms with Crippen molar-refractivity contribution in [1.82, 2.24) is 10.5 Å². The first-order chi connectivity index (χ1) is 5.47. The van der Waals surface area contributed by atoms with Crippen molar-refractivity contribution in [3.05, 3.63) is 17.0 Å². The van der Waals surface area contributed by atoms with E-state index in [9.17, 15) is 0 Å². The zero-order valence-corrected chi connectivity index (χ0v) is 8.27. The van der Waals surface area contributed by atoms with Gasteiger partial charge in [0, 0.05) is 11.6 Å². The fourth-order valence-electron chi connectivity index (χ4n) is 0.723. The molecule has 0 unspecified atom stereocenters. The highest BCUT2D eigenvalue weighted by atomic mass is 35.5. The zero-order valence-electron chi connectivity index (χ0n) is 7.52. The van der Waals surface area contributed by atoms with Crippen molar-refractivity contribution in [2.75, 3.05) is 0 Å². The summed E-state index contributed by atoms with van der Waals surface area (Å²) in [4.78, 5) is 0. The topological polar surface area (TPSA) is 38.1 Å². The fraction of sp³-hybridized carbons (Fsp3) is 0.625. The van der Waals surface area contributed by atoms with Gasteiger partial charge in [-0.1, -0.05) is 16.8 Å². The highest BCUT2D eigenvalue weighted by Gasteiger charge is 2.10. The largest absolute Gasteiger partial charge is 0.358 e. The number of rotatable bonds is 2. The second-order valence-electron chi connectivity index (χ2n) is 3.72. The third-order valence-electron chi connectivity index (χ3n) is 1.32. The Labute approximate surface area is 77.1 Å². The molecule has 0 aliphatic rings. The van der Waals surface area contributed by atoms with Gasteiger partial charge in [0.2, 0.25) is 0 Å². The number of aromatic nitrogens is 1. The lowest BCUT2D eigenvalue weighted by Gasteiger charge is -2.18. The minimum atomic E-state index is 0.0826. The van der Waals surface area contributed by atoms with Crippen LogP contribution in [0.4, 0.5) is 0 Å². The van der Waals surface area contributed by atoms with Crippen LogP contribution in [0, 0.1) is 0 Å². The quantitative estimate of drug-likeness (QED) is 0.774. The van der Waals surface area contributed by atoms with E-state index in [1.807, 2.05) is 0 Å². The summed E-state index contributed by atoms with van der Waals surface area (Å²) in [6.07, 6.45) is 0. The maximum atomic E-state index is 5.58. The Hall–Kier alpha value is -0.540. The van der Waals surface area contributed by atoms with Gasteiger partial charge in [0.15, 0.2) is 10.9 Å². The Bertz CT molecular complexity index is 252. The highest BCUT2D eigenvalue weighted by Crippen LogP contribution is 2.09. The predicted octanol–water partition coefficient (Wildman–Crippen LogP) is 2.22. The summed E-state index contributed by atoms with van der Waals surface area (Å²) in [7, 11) is 0. The van der Waals surface area contributed by atoms with Gasteiger partial charge in [0.25, 0.3) is 0 Å². The van der Waals surface area contributed by atoms with Gasteiger partial charge in [-0.15, -0.1) is 0 Å². The molecule has 4 heteroatoms. The zero-order chi connectivity index (χ0) is 9.19. The molecule has 68 valence electrons. The smallest absolute Gasteiger partial charge is 0.172 e. The molecule has 3 nitrogen and oxygen atoms in total. The van der Waals surface area contributed by atoms with Crippen LogP contribution in [-0.2, 0) is 6.54 Å². The van der Waals surface area contributed by atoms with Crippen LogP contribution in [-0.4, -0.2) is 10.7 Å². The first-order valence-corrected chi connectivity index (χ1v) is 4.21. The van der Waals surface area contributed by atoms with Gasteiger partial charge in [-0.3, -0.25) is 0 Å². The molecule has 0 radical (unpaired) electrons. The van der Waals surface area contributed by atoms with Gasteiger partial charge in [0.05, 0.1) is 6.54 Å². The first kappa shape index (κ1) is 9.55. The van der Waals surface area contributed by atoms with Crippen LogP contribution < -0.4 is 5.32 Å². The van der Waals surface area contributed by atoms with E-state index in [2.05, 4.69) is 31.2 Å². The molecule has 0 aliphatic heterocycles. The van der Waals surface area contributed by atoms with Crippen LogP contribution in [0.15, 0.2) is 10.6 Å². The van der Waals surface area contributed by atoms with Crippen LogP contribution in [0.5, 0.6) is 0 Å². The van der Waals surface area contributed by atoms with E-state index in [1.54, 1.807) is 6.07 Å². The van der Waals surface area contributed by atoms with Crippen molar-refractivity contribution in [3.8, 4) is 0 Å². The lowest BCUT2D eigenvalue weighted by atomic mass is 10.1. The molecule has 0 atom stereocenters. The van der Waals surface area contributed by atoms with Crippen LogP contribution >= 0.6 is 11.6 Å². The molecule has 12 heavy (non-hydrogen) atoms. The van der Waals surface area contributed by atoms with Gasteiger partial charge in [-0.25, -0.2) is 0 Å². The number of nitrogens with zero attached hydrogens (tertiary/aromatic N) is 1. The molecule has 1 aromatic rings. The number of nitrogens with one attached hydrogen (secondary N) is 1. The molecule has 1 aromatic heterocycles. The van der Waals surface area contributed by atoms with E-state index in [4.69, 9.17) is 16.1 Å². The Morgan fingerprint density at radius 2 is 2.25 bits per heavy atom. The molecule has 0 fully saturated rings. The number of hydrogen-bond acceptors (Lipinski definition) is 3. The molecule has 0 bridgehead atoms. The van der Waals surface area contributed by atoms with E-state index in [1.165, 1.54) is 0 Å². The van der Waals surface area contributed by atoms with Crippen LogP contribution in [0.25, 0.3) is 0 Å². The number of hydrogen-bond donors (Lipinski definition) is 1. The Morgan fingerprint density at radius 1 is 1.58 bits per heavy atom. The van der Waals surface area contributed by atoms with Crippen LogP contribution in [0.3, 0.4) is 0 Å². The van der Waals surface area contributed by atoms with Crippen molar-refractivity contribution in [2.45, 2.75) is 32.9 Å². The standard InChI is InChI=1S/C8H13ClN2O/c1-8(2,3)10-5-6-4-7(9)11-12-6/h4,10H,5H2,1-3H3. The molecule has 0 saturated carbocycles. The van der Waals surface area contributed by atoms with E-state index < -0.39 is 0 Å². The van der Waals surface area contributed by atoms with Crippen molar-refractivity contribution >= 4 is 11.6 Å². The average Bonchev–Trinajstić information content (AvgIpc) is 2.30. The highest BCUT2D eigenvalue weighted by molar-refractivity contribution is 6.29. The summed E-state index contributed by atoms with van der Waals surface area (Å²) >= 11 is 5.58. The van der Waals surface area contributed by atoms with Gasteiger partial charge in [0.1, 0.15) is 0 Å². The lowest BCUT2D eigenvalue weighted by Crippen LogP contribution is -2.34. The second-order valence-corrected chi connectivity index (χ2v) is 4.11. The molecule has 0 aromatic carbocycles. The van der Waals surface area contributed by atoms with Crippen molar-refractivity contribution < 1.29 is 4.52 Å². The summed E-state index contributed by atoms with van der Waals surface area (Å²) in [6, 6.07) is 1.71. The Balaban J connectivity index is 2.44. The molecule has 1 rings (SSSR count). The molecule has 0 amide bonds. The minimum absolute atomic E-state index is 0.0826. The molecule has 0 aliphatic carbocycles. The SMILES string of the molecule is CC(C)(C)NCc1cc(Cl)no1. The van der Waals surface area contributed by atoms with Crippen LogP contribution in [0.2, 0.25) is 5.15 Å². The molecular weight excluding hydrogens is 176 g/mol. The molecule has 0 spiro atoms. The summed E-state index contributed by atoms with van der Waals surface area (Å²) in [6.45, 7) is 6.92. The van der Waals surface area contributed by atoms with E-state index >= 15 is 0 Å². The normalized spacial score (nSPS) is 12.0. The lowest BCUT2D eigenvalue weighted by molar-refractivity contribution is 0.342. The molecular formula is C8H13ClN2O. The first-order valence-electron chi connectivity index (χ1n) is 3.83. The van der Waals surface area contributed by atoms with E-state index in [-0.39, 0.29) is 5.54 Å². The average molecular weight is 189 g/mol. The monoisotopic (exact) mass is 188 g/mol. The second kappa shape index (κ2) is 3.46. The maximum absolute atomic E-state index is 5.58. The third-order valence-corrected chi connectivity index (χ3v) is 1.50. The molecule has 1 heterocycles. The van der Waals surface area contributed by atoms with Gasteiger partial charge < -0.3 is 9.84 Å². The van der Waals surface area contributed by atoms with Crippen molar-refractivity contribution in [2.24, 2.45) is 0 Å². The Morgan fingerprint density at radius 3 is 2.67 bits per heavy atom. The maximum Gasteiger partial charge on any atom is 0.172 e. The van der Waals surface area contributed by atoms with E-state index in [0.29, 0.717) is 11.7 Å². The van der Waals surface area contributed by atoms with E-state index in [0.717, 1.165) is 5.76 Å². The van der Waals surface area contributed by atoms with Gasteiger partial charge in [-0.2, -0.15) is 0 Å². The Kier molecular flexibility index (Phi) is 2.75. The number of halogens is 1. The predicted molar refractivity (Wildman–Crippen MR) is 48.1 cm³/mol.